The van der Waals surface area contributed by atoms with Gasteiger partial charge in [-0.25, -0.2) is 0 Å². The number of aryl methyl sites for hydroxylation is 1. The van der Waals surface area contributed by atoms with E-state index in [2.05, 4.69) is 28.3 Å². The second-order valence-electron chi connectivity index (χ2n) is 7.13. The average molecular weight is 360 g/mol. The molecule has 1 aliphatic heterocycles. The molecule has 1 N–H and O–H groups in total. The van der Waals surface area contributed by atoms with Gasteiger partial charge in [-0.2, -0.15) is 0 Å². The Hall–Kier alpha value is -2.92. The SMILES string of the molecule is Cc1cc(Nc2cccc(C(=O)N3CCN(C)CC3)c2)c2ccccc2n1. The molecule has 138 valence electrons. The van der Waals surface area contributed by atoms with Crippen LogP contribution in [-0.4, -0.2) is 53.9 Å². The van der Waals surface area contributed by atoms with Crippen LogP contribution in [0.5, 0.6) is 0 Å². The zero-order valence-electron chi connectivity index (χ0n) is 15.8. The Labute approximate surface area is 159 Å². The van der Waals surface area contributed by atoms with Crippen molar-refractivity contribution in [1.29, 1.82) is 0 Å². The van der Waals surface area contributed by atoms with E-state index in [1.54, 1.807) is 0 Å². The van der Waals surface area contributed by atoms with Gasteiger partial charge in [0.15, 0.2) is 0 Å². The Bertz CT molecular complexity index is 977. The normalized spacial score (nSPS) is 15.1. The van der Waals surface area contributed by atoms with Crippen molar-refractivity contribution in [3.05, 3.63) is 65.9 Å². The number of aromatic nitrogens is 1. The van der Waals surface area contributed by atoms with E-state index in [1.807, 2.05) is 60.4 Å². The van der Waals surface area contributed by atoms with Crippen LogP contribution in [0.4, 0.5) is 11.4 Å². The molecule has 1 amide bonds. The number of nitrogens with zero attached hydrogens (tertiary/aromatic N) is 3. The summed E-state index contributed by atoms with van der Waals surface area (Å²) >= 11 is 0. The van der Waals surface area contributed by atoms with Crippen molar-refractivity contribution in [1.82, 2.24) is 14.8 Å². The Morgan fingerprint density at radius 1 is 1.00 bits per heavy atom. The molecule has 3 aromatic rings. The van der Waals surface area contributed by atoms with E-state index in [0.717, 1.165) is 59.7 Å². The number of rotatable bonds is 3. The third-order valence-electron chi connectivity index (χ3n) is 5.02. The van der Waals surface area contributed by atoms with Crippen LogP contribution in [0, 0.1) is 6.92 Å². The van der Waals surface area contributed by atoms with Crippen molar-refractivity contribution >= 4 is 28.2 Å². The van der Waals surface area contributed by atoms with Gasteiger partial charge in [0.2, 0.25) is 0 Å². The summed E-state index contributed by atoms with van der Waals surface area (Å²) in [6.45, 7) is 5.39. The predicted octanol–water partition coefficient (Wildman–Crippen LogP) is 3.67. The van der Waals surface area contributed by atoms with Crippen molar-refractivity contribution in [2.24, 2.45) is 0 Å². The molecule has 1 aromatic heterocycles. The van der Waals surface area contributed by atoms with Gasteiger partial charge in [0.25, 0.3) is 5.91 Å². The molecule has 0 unspecified atom stereocenters. The first-order chi connectivity index (χ1) is 13.1. The smallest absolute Gasteiger partial charge is 0.254 e. The molecule has 2 heterocycles. The number of benzene rings is 2. The quantitative estimate of drug-likeness (QED) is 0.774. The molecule has 1 fully saturated rings. The highest BCUT2D eigenvalue weighted by Crippen LogP contribution is 2.27. The number of amides is 1. The topological polar surface area (TPSA) is 48.5 Å². The first-order valence-corrected chi connectivity index (χ1v) is 9.31. The first kappa shape index (κ1) is 17.5. The summed E-state index contributed by atoms with van der Waals surface area (Å²) in [5.41, 5.74) is 4.55. The molecule has 0 bridgehead atoms. The Balaban J connectivity index is 1.59. The van der Waals surface area contributed by atoms with Gasteiger partial charge >= 0.3 is 0 Å². The number of piperazine rings is 1. The predicted molar refractivity (Wildman–Crippen MR) is 110 cm³/mol. The van der Waals surface area contributed by atoms with Gasteiger partial charge in [-0.3, -0.25) is 9.78 Å². The van der Waals surface area contributed by atoms with Crippen molar-refractivity contribution < 1.29 is 4.79 Å². The molecule has 4 rings (SSSR count). The van der Waals surface area contributed by atoms with E-state index in [1.165, 1.54) is 0 Å². The van der Waals surface area contributed by atoms with Gasteiger partial charge in [0.1, 0.15) is 0 Å². The highest BCUT2D eigenvalue weighted by atomic mass is 16.2. The number of hydrogen-bond donors (Lipinski definition) is 1. The molecule has 1 aliphatic rings. The summed E-state index contributed by atoms with van der Waals surface area (Å²) in [4.78, 5) is 21.6. The van der Waals surface area contributed by atoms with Gasteiger partial charge in [0, 0.05) is 54.2 Å². The van der Waals surface area contributed by atoms with Crippen LogP contribution < -0.4 is 5.32 Å². The van der Waals surface area contributed by atoms with Gasteiger partial charge in [-0.1, -0.05) is 24.3 Å². The average Bonchev–Trinajstić information content (AvgIpc) is 2.68. The summed E-state index contributed by atoms with van der Waals surface area (Å²) < 4.78 is 0. The first-order valence-electron chi connectivity index (χ1n) is 9.31. The van der Waals surface area contributed by atoms with E-state index >= 15 is 0 Å². The summed E-state index contributed by atoms with van der Waals surface area (Å²) in [7, 11) is 2.09. The Morgan fingerprint density at radius 2 is 1.78 bits per heavy atom. The van der Waals surface area contributed by atoms with Crippen molar-refractivity contribution in [2.75, 3.05) is 38.5 Å². The second kappa shape index (κ2) is 7.37. The van der Waals surface area contributed by atoms with Crippen LogP contribution in [0.3, 0.4) is 0 Å². The van der Waals surface area contributed by atoms with Crippen LogP contribution >= 0.6 is 0 Å². The third kappa shape index (κ3) is 3.78. The lowest BCUT2D eigenvalue weighted by atomic mass is 10.1. The van der Waals surface area contributed by atoms with Crippen molar-refractivity contribution in [3.63, 3.8) is 0 Å². The maximum atomic E-state index is 12.8. The number of anilines is 2. The van der Waals surface area contributed by atoms with E-state index in [-0.39, 0.29) is 5.91 Å². The van der Waals surface area contributed by atoms with Crippen LogP contribution in [0.15, 0.2) is 54.6 Å². The van der Waals surface area contributed by atoms with E-state index in [9.17, 15) is 4.79 Å². The van der Waals surface area contributed by atoms with Crippen molar-refractivity contribution in [2.45, 2.75) is 6.92 Å². The highest BCUT2D eigenvalue weighted by molar-refractivity contribution is 5.97. The fourth-order valence-corrected chi connectivity index (χ4v) is 3.49. The third-order valence-corrected chi connectivity index (χ3v) is 5.02. The molecule has 2 aromatic carbocycles. The lowest BCUT2D eigenvalue weighted by Crippen LogP contribution is -2.47. The van der Waals surface area contributed by atoms with E-state index < -0.39 is 0 Å². The monoisotopic (exact) mass is 360 g/mol. The minimum atomic E-state index is 0.0996. The number of pyridine rings is 1. The second-order valence-corrected chi connectivity index (χ2v) is 7.13. The van der Waals surface area contributed by atoms with Gasteiger partial charge in [-0.05, 0) is 44.3 Å². The number of hydrogen-bond acceptors (Lipinski definition) is 4. The zero-order valence-corrected chi connectivity index (χ0v) is 15.8. The largest absolute Gasteiger partial charge is 0.355 e. The minimum Gasteiger partial charge on any atom is -0.355 e. The molecule has 0 radical (unpaired) electrons. The zero-order chi connectivity index (χ0) is 18.8. The Morgan fingerprint density at radius 3 is 2.59 bits per heavy atom. The fraction of sp³-hybridized carbons (Fsp3) is 0.273. The summed E-state index contributed by atoms with van der Waals surface area (Å²) in [6, 6.07) is 17.9. The molecule has 1 saturated heterocycles. The standard InChI is InChI=1S/C22H24N4O/c1-16-14-21(19-8-3-4-9-20(19)23-16)24-18-7-5-6-17(15-18)22(27)26-12-10-25(2)11-13-26/h3-9,14-15H,10-13H2,1-2H3,(H,23,24). The molecule has 0 atom stereocenters. The maximum absolute atomic E-state index is 12.8. The molecular weight excluding hydrogens is 336 g/mol. The van der Waals surface area contributed by atoms with Gasteiger partial charge < -0.3 is 15.1 Å². The molecule has 0 aliphatic carbocycles. The van der Waals surface area contributed by atoms with Crippen LogP contribution in [-0.2, 0) is 0 Å². The molecule has 5 nitrogen and oxygen atoms in total. The number of likely N-dealkylation sites (N-methyl/N-ethyl adjacent to an activating group) is 1. The summed E-state index contributed by atoms with van der Waals surface area (Å²) in [5, 5.41) is 4.54. The van der Waals surface area contributed by atoms with Crippen LogP contribution in [0.2, 0.25) is 0 Å². The van der Waals surface area contributed by atoms with Crippen LogP contribution in [0.25, 0.3) is 10.9 Å². The molecule has 0 saturated carbocycles. The van der Waals surface area contributed by atoms with Crippen LogP contribution in [0.1, 0.15) is 16.1 Å². The van der Waals surface area contributed by atoms with E-state index in [0.29, 0.717) is 0 Å². The Kier molecular flexibility index (Phi) is 4.77. The molecule has 27 heavy (non-hydrogen) atoms. The lowest BCUT2D eigenvalue weighted by Gasteiger charge is -2.32. The molecule has 0 spiro atoms. The number of nitrogens with one attached hydrogen (secondary N) is 1. The molecule has 5 heteroatoms. The maximum Gasteiger partial charge on any atom is 0.254 e. The summed E-state index contributed by atoms with van der Waals surface area (Å²) in [5.74, 6) is 0.0996. The van der Waals surface area contributed by atoms with Gasteiger partial charge in [-0.15, -0.1) is 0 Å². The van der Waals surface area contributed by atoms with E-state index in [4.69, 9.17) is 0 Å². The van der Waals surface area contributed by atoms with Crippen molar-refractivity contribution in [3.8, 4) is 0 Å². The molecular formula is C22H24N4O. The number of carbonyl (C=O) groups excluding carboxylic acids is 1. The highest BCUT2D eigenvalue weighted by Gasteiger charge is 2.20. The fourth-order valence-electron chi connectivity index (χ4n) is 3.49. The lowest BCUT2D eigenvalue weighted by molar-refractivity contribution is 0.0664. The number of carbonyl (C=O) groups is 1. The summed E-state index contributed by atoms with van der Waals surface area (Å²) in [6.07, 6.45) is 0. The minimum absolute atomic E-state index is 0.0996. The number of para-hydroxylation sites is 1. The number of fused-ring (bicyclic) bond motifs is 1. The van der Waals surface area contributed by atoms with Gasteiger partial charge in [0.05, 0.1) is 5.52 Å².